The maximum atomic E-state index is 12.5. The zero-order valence-electron chi connectivity index (χ0n) is 18.4. The van der Waals surface area contributed by atoms with Gasteiger partial charge in [0.05, 0.1) is 12.6 Å². The van der Waals surface area contributed by atoms with Gasteiger partial charge >= 0.3 is 5.69 Å². The summed E-state index contributed by atoms with van der Waals surface area (Å²) in [5.41, 5.74) is 14.0. The first-order chi connectivity index (χ1) is 15.4. The average Bonchev–Trinajstić information content (AvgIpc) is 3.09. The van der Waals surface area contributed by atoms with E-state index < -0.39 is 6.04 Å². The number of nitrogens with one attached hydrogen (secondary N) is 3. The van der Waals surface area contributed by atoms with Crippen molar-refractivity contribution in [3.05, 3.63) is 40.3 Å². The van der Waals surface area contributed by atoms with Crippen molar-refractivity contribution in [1.82, 2.24) is 19.5 Å². The van der Waals surface area contributed by atoms with Gasteiger partial charge in [0.2, 0.25) is 11.9 Å². The molecule has 0 aliphatic carbocycles. The van der Waals surface area contributed by atoms with Crippen LogP contribution in [0.4, 0.5) is 17.5 Å². The molecule has 3 rings (SSSR count). The summed E-state index contributed by atoms with van der Waals surface area (Å²) in [6.45, 7) is 5.15. The maximum absolute atomic E-state index is 12.5. The van der Waals surface area contributed by atoms with Gasteiger partial charge in [-0.05, 0) is 29.9 Å². The van der Waals surface area contributed by atoms with Crippen LogP contribution in [0.25, 0.3) is 11.2 Å². The largest absolute Gasteiger partial charge is 0.382 e. The van der Waals surface area contributed by atoms with Gasteiger partial charge in [0.15, 0.2) is 11.5 Å². The molecule has 1 unspecified atom stereocenters. The van der Waals surface area contributed by atoms with E-state index in [0.29, 0.717) is 35.1 Å². The van der Waals surface area contributed by atoms with Gasteiger partial charge in [0, 0.05) is 18.0 Å². The van der Waals surface area contributed by atoms with Crippen LogP contribution in [-0.4, -0.2) is 49.5 Å². The molecule has 0 spiro atoms. The Balaban J connectivity index is 1.75. The van der Waals surface area contributed by atoms with Crippen molar-refractivity contribution in [2.45, 2.75) is 39.3 Å². The molecule has 172 valence electrons. The highest BCUT2D eigenvalue weighted by molar-refractivity contribution is 7.99. The van der Waals surface area contributed by atoms with E-state index in [0.717, 1.165) is 30.7 Å². The first-order valence-electron chi connectivity index (χ1n) is 10.7. The van der Waals surface area contributed by atoms with E-state index in [1.165, 1.54) is 4.57 Å². The molecule has 7 N–H and O–H groups in total. The van der Waals surface area contributed by atoms with Crippen LogP contribution < -0.4 is 27.8 Å². The molecule has 0 saturated carbocycles. The molecule has 2 aromatic heterocycles. The normalized spacial score (nSPS) is 12.1. The minimum Gasteiger partial charge on any atom is -0.382 e. The van der Waals surface area contributed by atoms with Gasteiger partial charge < -0.3 is 27.1 Å². The van der Waals surface area contributed by atoms with E-state index in [1.807, 2.05) is 19.1 Å². The summed E-state index contributed by atoms with van der Waals surface area (Å²) in [6, 6.07) is 6.70. The second kappa shape index (κ2) is 11.0. The SMILES string of the molecule is CCCCNc1nc(N)c2[nH]c(=O)n(Cc3ccc(NC(=O)C(N)CSCC)cc3)c2n1. The number of hydrogen-bond acceptors (Lipinski definition) is 8. The topological polar surface area (TPSA) is 157 Å². The first-order valence-corrected chi connectivity index (χ1v) is 11.8. The summed E-state index contributed by atoms with van der Waals surface area (Å²) < 4.78 is 1.52. The summed E-state index contributed by atoms with van der Waals surface area (Å²) in [5.74, 6) is 1.88. The number of carbonyl (C=O) groups excluding carboxylic acids is 1. The summed E-state index contributed by atoms with van der Waals surface area (Å²) in [5, 5.41) is 5.96. The molecule has 10 nitrogen and oxygen atoms in total. The molecule has 1 aromatic carbocycles. The smallest absolute Gasteiger partial charge is 0.328 e. The number of nitrogen functional groups attached to an aromatic ring is 1. The standard InChI is InChI=1S/C21H30N8O2S/c1-3-5-10-24-20-27-17(23)16-18(28-20)29(21(31)26-16)11-13-6-8-14(9-7-13)25-19(30)15(22)12-32-4-2/h6-9,15H,3-5,10-12,22H2,1-2H3,(H,25,30)(H,26,31)(H3,23,24,27,28). The van der Waals surface area contributed by atoms with Crippen LogP contribution in [0.15, 0.2) is 29.1 Å². The maximum Gasteiger partial charge on any atom is 0.328 e. The van der Waals surface area contributed by atoms with Crippen molar-refractivity contribution in [3.63, 3.8) is 0 Å². The summed E-state index contributed by atoms with van der Waals surface area (Å²) >= 11 is 1.62. The molecule has 0 fully saturated rings. The van der Waals surface area contributed by atoms with E-state index in [4.69, 9.17) is 11.5 Å². The number of anilines is 3. The van der Waals surface area contributed by atoms with Crippen molar-refractivity contribution in [2.75, 3.05) is 34.4 Å². The Hall–Kier alpha value is -3.05. The monoisotopic (exact) mass is 458 g/mol. The number of imidazole rings is 1. The van der Waals surface area contributed by atoms with Crippen molar-refractivity contribution in [1.29, 1.82) is 0 Å². The molecule has 3 aromatic rings. The van der Waals surface area contributed by atoms with Crippen molar-refractivity contribution >= 4 is 46.3 Å². The van der Waals surface area contributed by atoms with Crippen LogP contribution in [0.2, 0.25) is 0 Å². The second-order valence-electron chi connectivity index (χ2n) is 7.38. The second-order valence-corrected chi connectivity index (χ2v) is 8.70. The molecule has 0 aliphatic heterocycles. The third kappa shape index (κ3) is 5.80. The summed E-state index contributed by atoms with van der Waals surface area (Å²) in [7, 11) is 0. The number of nitrogens with two attached hydrogens (primary N) is 2. The van der Waals surface area contributed by atoms with Crippen molar-refractivity contribution < 1.29 is 4.79 Å². The Morgan fingerprint density at radius 1 is 1.25 bits per heavy atom. The van der Waals surface area contributed by atoms with Gasteiger partial charge in [-0.1, -0.05) is 32.4 Å². The lowest BCUT2D eigenvalue weighted by Gasteiger charge is -2.12. The quantitative estimate of drug-likeness (QED) is 0.273. The number of aromatic amines is 1. The average molecular weight is 459 g/mol. The van der Waals surface area contributed by atoms with E-state index in [9.17, 15) is 9.59 Å². The van der Waals surface area contributed by atoms with Gasteiger partial charge in [-0.15, -0.1) is 0 Å². The minimum atomic E-state index is -0.560. The number of nitrogens with zero attached hydrogens (tertiary/aromatic N) is 3. The fourth-order valence-corrected chi connectivity index (χ4v) is 3.73. The van der Waals surface area contributed by atoms with Crippen LogP contribution in [0.1, 0.15) is 32.3 Å². The van der Waals surface area contributed by atoms with E-state index in [2.05, 4.69) is 32.5 Å². The summed E-state index contributed by atoms with van der Waals surface area (Å²) in [6.07, 6.45) is 2.02. The van der Waals surface area contributed by atoms with Crippen LogP contribution in [-0.2, 0) is 11.3 Å². The van der Waals surface area contributed by atoms with E-state index >= 15 is 0 Å². The number of H-pyrrole nitrogens is 1. The minimum absolute atomic E-state index is 0.221. The van der Waals surface area contributed by atoms with Crippen molar-refractivity contribution in [3.8, 4) is 0 Å². The number of amides is 1. The number of carbonyl (C=O) groups is 1. The molecule has 1 atom stereocenters. The Morgan fingerprint density at radius 3 is 2.69 bits per heavy atom. The Labute approximate surface area is 190 Å². The molecular weight excluding hydrogens is 428 g/mol. The molecule has 0 radical (unpaired) electrons. The number of thioether (sulfide) groups is 1. The lowest BCUT2D eigenvalue weighted by Crippen LogP contribution is -2.37. The Morgan fingerprint density at radius 2 is 2.00 bits per heavy atom. The molecule has 32 heavy (non-hydrogen) atoms. The molecule has 0 saturated heterocycles. The lowest BCUT2D eigenvalue weighted by molar-refractivity contribution is -0.116. The number of rotatable bonds is 11. The van der Waals surface area contributed by atoms with Crippen LogP contribution >= 0.6 is 11.8 Å². The first kappa shape index (κ1) is 23.6. The van der Waals surface area contributed by atoms with Crippen LogP contribution in [0.3, 0.4) is 0 Å². The number of fused-ring (bicyclic) bond motifs is 1. The highest BCUT2D eigenvalue weighted by atomic mass is 32.2. The molecule has 2 heterocycles. The Kier molecular flexibility index (Phi) is 8.12. The third-order valence-electron chi connectivity index (χ3n) is 4.86. The zero-order valence-corrected chi connectivity index (χ0v) is 19.2. The fourth-order valence-electron chi connectivity index (χ4n) is 3.09. The highest BCUT2D eigenvalue weighted by Crippen LogP contribution is 2.18. The molecule has 11 heteroatoms. The predicted molar refractivity (Wildman–Crippen MR) is 131 cm³/mol. The van der Waals surface area contributed by atoms with E-state index in [-0.39, 0.29) is 17.4 Å². The molecule has 0 aliphatic rings. The van der Waals surface area contributed by atoms with E-state index in [1.54, 1.807) is 23.9 Å². The number of benzene rings is 1. The predicted octanol–water partition coefficient (Wildman–Crippen LogP) is 1.98. The van der Waals surface area contributed by atoms with Gasteiger partial charge in [0.25, 0.3) is 0 Å². The molecular formula is C21H30N8O2S. The van der Waals surface area contributed by atoms with Crippen LogP contribution in [0, 0.1) is 0 Å². The Bertz CT molecular complexity index is 1110. The van der Waals surface area contributed by atoms with Crippen molar-refractivity contribution in [2.24, 2.45) is 5.73 Å². The fraction of sp³-hybridized carbons (Fsp3) is 0.429. The van der Waals surface area contributed by atoms with Gasteiger partial charge in [-0.3, -0.25) is 9.36 Å². The number of hydrogen-bond donors (Lipinski definition) is 5. The van der Waals surface area contributed by atoms with Gasteiger partial charge in [-0.25, -0.2) is 4.79 Å². The number of aromatic nitrogens is 4. The van der Waals surface area contributed by atoms with Gasteiger partial charge in [-0.2, -0.15) is 21.7 Å². The zero-order chi connectivity index (χ0) is 23.1. The number of unbranched alkanes of at least 4 members (excludes halogenated alkanes) is 1. The third-order valence-corrected chi connectivity index (χ3v) is 5.87. The molecule has 0 bridgehead atoms. The lowest BCUT2D eigenvalue weighted by atomic mass is 10.2. The highest BCUT2D eigenvalue weighted by Gasteiger charge is 2.15. The summed E-state index contributed by atoms with van der Waals surface area (Å²) in [4.78, 5) is 36.2. The van der Waals surface area contributed by atoms with Gasteiger partial charge in [0.1, 0.15) is 5.52 Å². The van der Waals surface area contributed by atoms with Crippen LogP contribution in [0.5, 0.6) is 0 Å². The molecule has 1 amide bonds.